The Balaban J connectivity index is 0.00000243. The monoisotopic (exact) mass is 393 g/mol. The first kappa shape index (κ1) is 20.9. The molecule has 4 nitrogen and oxygen atoms in total. The summed E-state index contributed by atoms with van der Waals surface area (Å²) in [6.07, 6.45) is 5.62. The number of hydrogen-bond donors (Lipinski definition) is 1. The van der Waals surface area contributed by atoms with E-state index in [4.69, 9.17) is 0 Å². The fourth-order valence-corrected chi connectivity index (χ4v) is 4.33. The number of nitrogens with zero attached hydrogens (tertiary/aromatic N) is 2. The number of benzene rings is 1. The average Bonchev–Trinajstić information content (AvgIpc) is 2.77. The van der Waals surface area contributed by atoms with E-state index in [0.717, 1.165) is 40.9 Å². The van der Waals surface area contributed by atoms with E-state index in [0.29, 0.717) is 6.42 Å². The van der Waals surface area contributed by atoms with Crippen LogP contribution in [0.4, 0.5) is 5.69 Å². The van der Waals surface area contributed by atoms with Crippen molar-refractivity contribution < 1.29 is 4.79 Å². The van der Waals surface area contributed by atoms with E-state index in [2.05, 4.69) is 27.3 Å². The van der Waals surface area contributed by atoms with Gasteiger partial charge in [-0.2, -0.15) is 0 Å². The largest absolute Gasteiger partial charge is 0.325 e. The van der Waals surface area contributed by atoms with Crippen LogP contribution < -0.4 is 5.32 Å². The predicted molar refractivity (Wildman–Crippen MR) is 111 cm³/mol. The number of carbonyl (C=O) groups excluding carboxylic acids is 1. The minimum Gasteiger partial charge on any atom is -0.325 e. The van der Waals surface area contributed by atoms with Crippen LogP contribution in [0.5, 0.6) is 0 Å². The maximum atomic E-state index is 12.5. The van der Waals surface area contributed by atoms with Gasteiger partial charge in [0.05, 0.1) is 17.1 Å². The number of para-hydroxylation sites is 1. The second-order valence-electron chi connectivity index (χ2n) is 6.81. The number of hydrogen-bond acceptors (Lipinski definition) is 4. The first-order valence-electron chi connectivity index (χ1n) is 9.15. The summed E-state index contributed by atoms with van der Waals surface area (Å²) in [5.74, 6) is 0.0371. The van der Waals surface area contributed by atoms with Gasteiger partial charge >= 0.3 is 0 Å². The predicted octanol–water partition coefficient (Wildman–Crippen LogP) is 4.74. The highest BCUT2D eigenvalue weighted by atomic mass is 35.5. The molecule has 1 aliphatic heterocycles. The van der Waals surface area contributed by atoms with Crippen LogP contribution in [0.1, 0.15) is 46.8 Å². The Kier molecular flexibility index (Phi) is 8.07. The third-order valence-electron chi connectivity index (χ3n) is 4.70. The fourth-order valence-electron chi connectivity index (χ4n) is 3.39. The van der Waals surface area contributed by atoms with Crippen LogP contribution in [0.2, 0.25) is 0 Å². The van der Waals surface area contributed by atoms with Crippen LogP contribution in [-0.4, -0.2) is 28.9 Å². The zero-order valence-corrected chi connectivity index (χ0v) is 17.2. The van der Waals surface area contributed by atoms with Crippen molar-refractivity contribution in [2.24, 2.45) is 0 Å². The summed E-state index contributed by atoms with van der Waals surface area (Å²) in [6, 6.07) is 8.18. The smallest absolute Gasteiger partial charge is 0.229 e. The zero-order valence-electron chi connectivity index (χ0n) is 15.6. The van der Waals surface area contributed by atoms with Gasteiger partial charge in [0.15, 0.2) is 0 Å². The summed E-state index contributed by atoms with van der Waals surface area (Å²) in [5, 5.41) is 4.13. The lowest BCUT2D eigenvalue weighted by atomic mass is 10.1. The zero-order chi connectivity index (χ0) is 17.6. The fraction of sp³-hybridized carbons (Fsp3) is 0.500. The van der Waals surface area contributed by atoms with Crippen LogP contribution in [0.25, 0.3) is 0 Å². The number of nitrogens with one attached hydrogen (secondary N) is 1. The molecule has 142 valence electrons. The first-order chi connectivity index (χ1) is 12.1. The minimum absolute atomic E-state index is 0. The topological polar surface area (TPSA) is 45.2 Å². The van der Waals surface area contributed by atoms with Crippen LogP contribution >= 0.6 is 23.7 Å². The van der Waals surface area contributed by atoms with Crippen molar-refractivity contribution in [1.29, 1.82) is 0 Å². The number of aryl methyl sites for hydroxylation is 2. The second-order valence-corrected chi connectivity index (χ2v) is 8.10. The van der Waals surface area contributed by atoms with Crippen molar-refractivity contribution in [2.45, 2.75) is 52.5 Å². The molecule has 1 N–H and O–H groups in total. The van der Waals surface area contributed by atoms with E-state index in [1.165, 1.54) is 31.2 Å². The Morgan fingerprint density at radius 1 is 1.15 bits per heavy atom. The molecule has 3 rings (SSSR count). The summed E-state index contributed by atoms with van der Waals surface area (Å²) in [6.45, 7) is 7.17. The van der Waals surface area contributed by atoms with Gasteiger partial charge < -0.3 is 5.32 Å². The normalized spacial score (nSPS) is 15.2. The van der Waals surface area contributed by atoms with Gasteiger partial charge in [-0.1, -0.05) is 31.0 Å². The molecule has 1 aromatic carbocycles. The molecule has 0 unspecified atom stereocenters. The number of rotatable bonds is 5. The van der Waals surface area contributed by atoms with E-state index in [9.17, 15) is 4.79 Å². The van der Waals surface area contributed by atoms with Crippen molar-refractivity contribution in [1.82, 2.24) is 9.88 Å². The van der Waals surface area contributed by atoms with Gasteiger partial charge in [0.25, 0.3) is 0 Å². The molecule has 2 heterocycles. The van der Waals surface area contributed by atoms with Gasteiger partial charge in [0.1, 0.15) is 0 Å². The highest BCUT2D eigenvalue weighted by Crippen LogP contribution is 2.22. The molecule has 2 aromatic rings. The number of thiazole rings is 1. The van der Waals surface area contributed by atoms with E-state index in [1.807, 2.05) is 26.0 Å². The van der Waals surface area contributed by atoms with Gasteiger partial charge in [-0.05, 0) is 51.4 Å². The van der Waals surface area contributed by atoms with Crippen LogP contribution in [0, 0.1) is 13.8 Å². The van der Waals surface area contributed by atoms with Crippen molar-refractivity contribution in [2.75, 3.05) is 18.4 Å². The van der Waals surface area contributed by atoms with Gasteiger partial charge in [-0.15, -0.1) is 23.7 Å². The quantitative estimate of drug-likeness (QED) is 0.797. The summed E-state index contributed by atoms with van der Waals surface area (Å²) in [4.78, 5) is 20.5. The van der Waals surface area contributed by atoms with Gasteiger partial charge in [-0.3, -0.25) is 9.69 Å². The Hall–Kier alpha value is -1.43. The Morgan fingerprint density at radius 3 is 2.50 bits per heavy atom. The van der Waals surface area contributed by atoms with Crippen LogP contribution in [-0.2, 0) is 17.8 Å². The lowest BCUT2D eigenvalue weighted by Gasteiger charge is -2.21. The van der Waals surface area contributed by atoms with E-state index >= 15 is 0 Å². The lowest BCUT2D eigenvalue weighted by molar-refractivity contribution is -0.115. The standard InChI is InChI=1S/C20H27N3OS.ClH/c1-15-19(25-16(2)21-15)13-20(24)22-18-10-6-5-9-17(18)14-23-11-7-3-4-8-12-23;/h5-6,9-10H,3-4,7-8,11-14H2,1-2H3,(H,22,24);1H. The maximum absolute atomic E-state index is 12.5. The Morgan fingerprint density at radius 2 is 1.85 bits per heavy atom. The third-order valence-corrected chi connectivity index (χ3v) is 5.78. The molecule has 6 heteroatoms. The van der Waals surface area contributed by atoms with Gasteiger partial charge in [-0.25, -0.2) is 4.98 Å². The number of halogens is 1. The molecule has 0 spiro atoms. The molecule has 0 aliphatic carbocycles. The minimum atomic E-state index is 0. The third kappa shape index (κ3) is 5.79. The van der Waals surface area contributed by atoms with Crippen molar-refractivity contribution in [3.8, 4) is 0 Å². The molecule has 0 bridgehead atoms. The molecule has 1 aliphatic rings. The van der Waals surface area contributed by atoms with E-state index < -0.39 is 0 Å². The highest BCUT2D eigenvalue weighted by Gasteiger charge is 2.14. The number of amides is 1. The molecule has 1 saturated heterocycles. The summed E-state index contributed by atoms with van der Waals surface area (Å²) < 4.78 is 0. The molecular formula is C20H28ClN3OS. The SMILES string of the molecule is Cc1nc(C)c(CC(=O)Nc2ccccc2CN2CCCCCC2)s1.Cl. The molecule has 1 fully saturated rings. The number of anilines is 1. The summed E-state index contributed by atoms with van der Waals surface area (Å²) >= 11 is 1.61. The second kappa shape index (κ2) is 10.0. The van der Waals surface area contributed by atoms with E-state index in [-0.39, 0.29) is 18.3 Å². The number of likely N-dealkylation sites (tertiary alicyclic amines) is 1. The molecular weight excluding hydrogens is 366 g/mol. The molecule has 1 aromatic heterocycles. The number of aromatic nitrogens is 1. The Bertz CT molecular complexity index is 724. The van der Waals surface area contributed by atoms with Crippen molar-refractivity contribution in [3.05, 3.63) is 45.4 Å². The van der Waals surface area contributed by atoms with E-state index in [1.54, 1.807) is 11.3 Å². The Labute approximate surface area is 166 Å². The summed E-state index contributed by atoms with van der Waals surface area (Å²) in [7, 11) is 0. The molecule has 0 radical (unpaired) electrons. The molecule has 0 saturated carbocycles. The van der Waals surface area contributed by atoms with Crippen LogP contribution in [0.3, 0.4) is 0 Å². The van der Waals surface area contributed by atoms with Crippen molar-refractivity contribution in [3.63, 3.8) is 0 Å². The highest BCUT2D eigenvalue weighted by molar-refractivity contribution is 7.11. The number of carbonyl (C=O) groups is 1. The maximum Gasteiger partial charge on any atom is 0.229 e. The molecule has 0 atom stereocenters. The van der Waals surface area contributed by atoms with Crippen LogP contribution in [0.15, 0.2) is 24.3 Å². The van der Waals surface area contributed by atoms with Gasteiger partial charge in [0, 0.05) is 17.1 Å². The van der Waals surface area contributed by atoms with Gasteiger partial charge in [0.2, 0.25) is 5.91 Å². The molecule has 1 amide bonds. The lowest BCUT2D eigenvalue weighted by Crippen LogP contribution is -2.25. The average molecular weight is 394 g/mol. The summed E-state index contributed by atoms with van der Waals surface area (Å²) in [5.41, 5.74) is 3.11. The first-order valence-corrected chi connectivity index (χ1v) is 9.96. The van der Waals surface area contributed by atoms with Crippen molar-refractivity contribution >= 4 is 35.3 Å². The molecule has 26 heavy (non-hydrogen) atoms.